The lowest BCUT2D eigenvalue weighted by Crippen LogP contribution is -2.15. The number of hydrogen-bond donors (Lipinski definition) is 1. The maximum Gasteiger partial charge on any atom is 0.234 e. The van der Waals surface area contributed by atoms with Crippen molar-refractivity contribution in [1.82, 2.24) is 14.8 Å². The number of thioether (sulfide) groups is 1. The largest absolute Gasteiger partial charge is 0.495 e. The third-order valence-corrected chi connectivity index (χ3v) is 6.14. The number of aryl methyl sites for hydroxylation is 1. The fraction of sp³-hybridized carbons (Fsp3) is 0.136. The number of aromatic nitrogens is 3. The highest BCUT2D eigenvalue weighted by molar-refractivity contribution is 7.99. The van der Waals surface area contributed by atoms with E-state index in [2.05, 4.69) is 15.5 Å². The van der Waals surface area contributed by atoms with Gasteiger partial charge in [0.2, 0.25) is 11.7 Å². The number of halogens is 2. The van der Waals surface area contributed by atoms with Gasteiger partial charge in [0.25, 0.3) is 0 Å². The Bertz CT molecular complexity index is 1240. The zero-order valence-electron chi connectivity index (χ0n) is 17.1. The van der Waals surface area contributed by atoms with Gasteiger partial charge in [0, 0.05) is 21.8 Å². The molecule has 0 aliphatic rings. The molecule has 0 unspecified atom stereocenters. The molecule has 4 aromatic rings. The Morgan fingerprint density at radius 3 is 2.66 bits per heavy atom. The number of benzene rings is 2. The van der Waals surface area contributed by atoms with Gasteiger partial charge >= 0.3 is 0 Å². The van der Waals surface area contributed by atoms with E-state index < -0.39 is 0 Å². The van der Waals surface area contributed by atoms with Gasteiger partial charge in [0.15, 0.2) is 10.9 Å². The number of amides is 1. The summed E-state index contributed by atoms with van der Waals surface area (Å²) in [5, 5.41) is 13.1. The first-order chi connectivity index (χ1) is 15.5. The molecule has 1 amide bonds. The van der Waals surface area contributed by atoms with Crippen LogP contribution in [0.3, 0.4) is 0 Å². The molecule has 2 aromatic heterocycles. The number of anilines is 1. The summed E-state index contributed by atoms with van der Waals surface area (Å²) in [6.45, 7) is 1.86. The minimum absolute atomic E-state index is 0.106. The summed E-state index contributed by atoms with van der Waals surface area (Å²) in [7, 11) is 1.52. The maximum atomic E-state index is 12.7. The Kier molecular flexibility index (Phi) is 6.74. The lowest BCUT2D eigenvalue weighted by molar-refractivity contribution is -0.113. The summed E-state index contributed by atoms with van der Waals surface area (Å²) < 4.78 is 12.6. The summed E-state index contributed by atoms with van der Waals surface area (Å²) in [5.41, 5.74) is 2.18. The topological polar surface area (TPSA) is 82.2 Å². The quantitative estimate of drug-likeness (QED) is 0.327. The van der Waals surface area contributed by atoms with Crippen LogP contribution in [0.4, 0.5) is 5.69 Å². The van der Waals surface area contributed by atoms with Crippen molar-refractivity contribution in [2.24, 2.45) is 0 Å². The van der Waals surface area contributed by atoms with Gasteiger partial charge in [-0.25, -0.2) is 0 Å². The molecule has 0 bridgehead atoms. The van der Waals surface area contributed by atoms with Crippen LogP contribution in [0.2, 0.25) is 10.0 Å². The van der Waals surface area contributed by atoms with Crippen LogP contribution in [0, 0.1) is 6.92 Å². The average molecular weight is 489 g/mol. The summed E-state index contributed by atoms with van der Waals surface area (Å²) in [6, 6.07) is 14.3. The molecule has 0 atom stereocenters. The lowest BCUT2D eigenvalue weighted by Gasteiger charge is -2.12. The van der Waals surface area contributed by atoms with E-state index in [4.69, 9.17) is 32.4 Å². The van der Waals surface area contributed by atoms with E-state index in [0.29, 0.717) is 38.2 Å². The first-order valence-electron chi connectivity index (χ1n) is 9.48. The third-order valence-electron chi connectivity index (χ3n) is 4.55. The van der Waals surface area contributed by atoms with E-state index in [9.17, 15) is 4.79 Å². The van der Waals surface area contributed by atoms with Crippen molar-refractivity contribution in [2.75, 3.05) is 18.2 Å². The average Bonchev–Trinajstić information content (AvgIpc) is 3.45. The van der Waals surface area contributed by atoms with E-state index >= 15 is 0 Å². The molecule has 0 fully saturated rings. The number of rotatable bonds is 7. The van der Waals surface area contributed by atoms with E-state index in [0.717, 1.165) is 11.3 Å². The van der Waals surface area contributed by atoms with E-state index in [1.54, 1.807) is 42.7 Å². The second-order valence-electron chi connectivity index (χ2n) is 6.73. The van der Waals surface area contributed by atoms with E-state index in [1.807, 2.05) is 23.6 Å². The Balaban J connectivity index is 1.57. The molecular formula is C22H18Cl2N4O3S. The van der Waals surface area contributed by atoms with E-state index in [-0.39, 0.29) is 11.7 Å². The zero-order chi connectivity index (χ0) is 22.7. The van der Waals surface area contributed by atoms with Gasteiger partial charge in [0.1, 0.15) is 5.75 Å². The Morgan fingerprint density at radius 2 is 1.97 bits per heavy atom. The number of nitrogens with zero attached hydrogens (tertiary/aromatic N) is 3. The van der Waals surface area contributed by atoms with Crippen molar-refractivity contribution in [3.63, 3.8) is 0 Å². The van der Waals surface area contributed by atoms with Gasteiger partial charge < -0.3 is 14.5 Å². The molecule has 1 N–H and O–H groups in total. The molecule has 2 aromatic carbocycles. The molecule has 0 saturated carbocycles. The highest BCUT2D eigenvalue weighted by atomic mass is 35.5. The molecule has 0 aliphatic carbocycles. The normalized spacial score (nSPS) is 10.9. The fourth-order valence-corrected chi connectivity index (χ4v) is 4.03. The van der Waals surface area contributed by atoms with Gasteiger partial charge in [0.05, 0.1) is 24.8 Å². The summed E-state index contributed by atoms with van der Waals surface area (Å²) in [6.07, 6.45) is 1.57. The highest BCUT2D eigenvalue weighted by Crippen LogP contribution is 2.32. The predicted octanol–water partition coefficient (Wildman–Crippen LogP) is 5.88. The molecule has 0 radical (unpaired) electrons. The molecule has 0 aliphatic heterocycles. The van der Waals surface area contributed by atoms with Crippen LogP contribution in [0.1, 0.15) is 5.56 Å². The minimum atomic E-state index is -0.222. The van der Waals surface area contributed by atoms with Gasteiger partial charge in [-0.05, 0) is 55.0 Å². The number of furan rings is 1. The Hall–Kier alpha value is -2.94. The van der Waals surface area contributed by atoms with E-state index in [1.165, 1.54) is 18.9 Å². The van der Waals surface area contributed by atoms with Crippen LogP contribution >= 0.6 is 35.0 Å². The molecule has 32 heavy (non-hydrogen) atoms. The summed E-state index contributed by atoms with van der Waals surface area (Å²) in [5.74, 6) is 1.46. The molecule has 0 saturated heterocycles. The highest BCUT2D eigenvalue weighted by Gasteiger charge is 2.19. The van der Waals surface area contributed by atoms with Gasteiger partial charge in [-0.2, -0.15) is 0 Å². The first-order valence-corrected chi connectivity index (χ1v) is 11.2. The summed E-state index contributed by atoms with van der Waals surface area (Å²) in [4.78, 5) is 12.7. The van der Waals surface area contributed by atoms with Crippen LogP contribution in [-0.4, -0.2) is 33.5 Å². The Morgan fingerprint density at radius 1 is 1.19 bits per heavy atom. The van der Waals surface area contributed by atoms with Crippen LogP contribution < -0.4 is 10.1 Å². The van der Waals surface area contributed by atoms with Gasteiger partial charge in [-0.1, -0.05) is 35.0 Å². The van der Waals surface area contributed by atoms with Crippen LogP contribution in [-0.2, 0) is 4.79 Å². The van der Waals surface area contributed by atoms with Crippen molar-refractivity contribution in [2.45, 2.75) is 12.1 Å². The smallest absolute Gasteiger partial charge is 0.234 e. The SMILES string of the molecule is COc1cc(Cl)c(C)cc1NC(=O)CSc1nnc(-c2ccco2)n1-c1ccc(Cl)cc1. The second kappa shape index (κ2) is 9.68. The fourth-order valence-electron chi connectivity index (χ4n) is 3.00. The minimum Gasteiger partial charge on any atom is -0.495 e. The van der Waals surface area contributed by atoms with Crippen LogP contribution in [0.15, 0.2) is 64.4 Å². The van der Waals surface area contributed by atoms with Crippen LogP contribution in [0.25, 0.3) is 17.3 Å². The predicted molar refractivity (Wildman–Crippen MR) is 126 cm³/mol. The maximum absolute atomic E-state index is 12.7. The molecule has 0 spiro atoms. The summed E-state index contributed by atoms with van der Waals surface area (Å²) >= 11 is 13.4. The second-order valence-corrected chi connectivity index (χ2v) is 8.52. The number of carbonyl (C=O) groups excluding carboxylic acids is 1. The Labute approximate surface area is 198 Å². The van der Waals surface area contributed by atoms with Crippen molar-refractivity contribution < 1.29 is 13.9 Å². The van der Waals surface area contributed by atoms with Crippen molar-refractivity contribution in [1.29, 1.82) is 0 Å². The van der Waals surface area contributed by atoms with Crippen molar-refractivity contribution in [3.05, 3.63) is 70.4 Å². The number of nitrogens with one attached hydrogen (secondary N) is 1. The molecule has 164 valence electrons. The first kappa shape index (κ1) is 22.3. The lowest BCUT2D eigenvalue weighted by atomic mass is 10.2. The van der Waals surface area contributed by atoms with Crippen molar-refractivity contribution >= 4 is 46.6 Å². The standard InChI is InChI=1S/C22H18Cl2N4O3S/c1-13-10-17(19(30-2)11-16(13)24)25-20(29)12-32-22-27-26-21(18-4-3-9-31-18)28(22)15-7-5-14(23)6-8-15/h3-11H,12H2,1-2H3,(H,25,29). The molecule has 2 heterocycles. The van der Waals surface area contributed by atoms with Gasteiger partial charge in [-0.3, -0.25) is 9.36 Å². The van der Waals surface area contributed by atoms with Gasteiger partial charge in [-0.15, -0.1) is 10.2 Å². The number of hydrogen-bond acceptors (Lipinski definition) is 6. The molecule has 10 heteroatoms. The monoisotopic (exact) mass is 488 g/mol. The third kappa shape index (κ3) is 4.77. The number of methoxy groups -OCH3 is 1. The van der Waals surface area contributed by atoms with Crippen molar-refractivity contribution in [3.8, 4) is 23.0 Å². The molecule has 7 nitrogen and oxygen atoms in total. The van der Waals surface area contributed by atoms with Crippen LogP contribution in [0.5, 0.6) is 5.75 Å². The zero-order valence-corrected chi connectivity index (χ0v) is 19.5. The molecular weight excluding hydrogens is 471 g/mol. The number of ether oxygens (including phenoxy) is 1. The molecule has 4 rings (SSSR count). The number of carbonyl (C=O) groups is 1.